The van der Waals surface area contributed by atoms with Gasteiger partial charge in [0, 0.05) is 16.1 Å². The molecule has 0 saturated carbocycles. The minimum absolute atomic E-state index is 0.331. The zero-order valence-corrected chi connectivity index (χ0v) is 8.84. The molecule has 2 nitrogen and oxygen atoms in total. The lowest BCUT2D eigenvalue weighted by molar-refractivity contribution is 0.457. The molecule has 0 aliphatic carbocycles. The predicted molar refractivity (Wildman–Crippen MR) is 55.8 cm³/mol. The monoisotopic (exact) mass is 241 g/mol. The lowest BCUT2D eigenvalue weighted by atomic mass is 10.0. The maximum Gasteiger partial charge on any atom is 0.120 e. The van der Waals surface area contributed by atoms with E-state index in [1.54, 1.807) is 6.07 Å². The summed E-state index contributed by atoms with van der Waals surface area (Å²) < 4.78 is 1.02. The van der Waals surface area contributed by atoms with Gasteiger partial charge in [0.2, 0.25) is 0 Å². The Bertz CT molecular complexity index is 308. The van der Waals surface area contributed by atoms with Crippen molar-refractivity contribution in [3.8, 4) is 5.75 Å². The zero-order chi connectivity index (χ0) is 9.26. The van der Waals surface area contributed by atoms with Gasteiger partial charge in [-0.05, 0) is 37.6 Å². The third-order valence-corrected chi connectivity index (χ3v) is 2.92. The number of benzene rings is 1. The van der Waals surface area contributed by atoms with Crippen molar-refractivity contribution in [2.45, 2.75) is 18.9 Å². The Morgan fingerprint density at radius 2 is 2.31 bits per heavy atom. The molecule has 2 rings (SSSR count). The van der Waals surface area contributed by atoms with Crippen LogP contribution < -0.4 is 5.32 Å². The van der Waals surface area contributed by atoms with E-state index in [4.69, 9.17) is 0 Å². The van der Waals surface area contributed by atoms with Gasteiger partial charge < -0.3 is 10.4 Å². The number of hydrogen-bond acceptors (Lipinski definition) is 2. The molecule has 2 N–H and O–H groups in total. The molecule has 1 aromatic carbocycles. The van der Waals surface area contributed by atoms with Crippen LogP contribution in [0.15, 0.2) is 22.7 Å². The first-order valence-electron chi connectivity index (χ1n) is 4.49. The average molecular weight is 242 g/mol. The Morgan fingerprint density at radius 3 is 3.00 bits per heavy atom. The minimum atomic E-state index is 0.331. The molecule has 0 radical (unpaired) electrons. The van der Waals surface area contributed by atoms with Gasteiger partial charge in [-0.15, -0.1) is 0 Å². The molecule has 13 heavy (non-hydrogen) atoms. The van der Waals surface area contributed by atoms with Gasteiger partial charge in [0.1, 0.15) is 5.75 Å². The highest BCUT2D eigenvalue weighted by atomic mass is 79.9. The minimum Gasteiger partial charge on any atom is -0.508 e. The summed E-state index contributed by atoms with van der Waals surface area (Å²) in [6, 6.07) is 5.91. The normalized spacial score (nSPS) is 22.1. The van der Waals surface area contributed by atoms with E-state index in [-0.39, 0.29) is 0 Å². The molecule has 0 amide bonds. The summed E-state index contributed by atoms with van der Waals surface area (Å²) in [5, 5.41) is 13.0. The summed E-state index contributed by atoms with van der Waals surface area (Å²) in [4.78, 5) is 0. The Kier molecular flexibility index (Phi) is 2.56. The van der Waals surface area contributed by atoms with E-state index >= 15 is 0 Å². The van der Waals surface area contributed by atoms with Crippen molar-refractivity contribution in [3.63, 3.8) is 0 Å². The molecule has 0 bridgehead atoms. The van der Waals surface area contributed by atoms with Crippen LogP contribution in [0.3, 0.4) is 0 Å². The van der Waals surface area contributed by atoms with Crippen LogP contribution in [0.4, 0.5) is 0 Å². The van der Waals surface area contributed by atoms with E-state index in [0.29, 0.717) is 11.8 Å². The van der Waals surface area contributed by atoms with Crippen LogP contribution in [0.1, 0.15) is 24.4 Å². The number of nitrogens with one attached hydrogen (secondary N) is 1. The summed E-state index contributed by atoms with van der Waals surface area (Å²) in [6.45, 7) is 1.05. The highest BCUT2D eigenvalue weighted by Gasteiger charge is 2.18. The smallest absolute Gasteiger partial charge is 0.120 e. The van der Waals surface area contributed by atoms with Crippen molar-refractivity contribution in [2.24, 2.45) is 0 Å². The molecule has 0 spiro atoms. The summed E-state index contributed by atoms with van der Waals surface area (Å²) in [5.74, 6) is 0.391. The van der Waals surface area contributed by atoms with E-state index in [9.17, 15) is 5.11 Å². The van der Waals surface area contributed by atoms with E-state index in [0.717, 1.165) is 23.0 Å². The first-order chi connectivity index (χ1) is 6.27. The Hall–Kier alpha value is -0.540. The van der Waals surface area contributed by atoms with Gasteiger partial charge in [-0.2, -0.15) is 0 Å². The number of aromatic hydroxyl groups is 1. The molecule has 1 saturated heterocycles. The Labute approximate surface area is 86.1 Å². The maximum atomic E-state index is 9.63. The number of halogens is 1. The van der Waals surface area contributed by atoms with Crippen LogP contribution in [0.2, 0.25) is 0 Å². The number of rotatable bonds is 1. The van der Waals surface area contributed by atoms with Gasteiger partial charge >= 0.3 is 0 Å². The molecule has 1 aliphatic heterocycles. The lowest BCUT2D eigenvalue weighted by Crippen LogP contribution is -2.12. The Balaban J connectivity index is 2.32. The second-order valence-corrected chi connectivity index (χ2v) is 4.27. The molecule has 3 heteroatoms. The molecule has 1 fully saturated rings. The summed E-state index contributed by atoms with van der Waals surface area (Å²) in [5.41, 5.74) is 1.01. The van der Waals surface area contributed by atoms with Crippen molar-refractivity contribution < 1.29 is 5.11 Å². The number of phenolic OH excluding ortho intramolecular Hbond substituents is 1. The van der Waals surface area contributed by atoms with Crippen molar-refractivity contribution >= 4 is 15.9 Å². The van der Waals surface area contributed by atoms with E-state index in [1.807, 2.05) is 12.1 Å². The highest BCUT2D eigenvalue weighted by Crippen LogP contribution is 2.31. The van der Waals surface area contributed by atoms with E-state index < -0.39 is 0 Å². The quantitative estimate of drug-likeness (QED) is 0.793. The van der Waals surface area contributed by atoms with E-state index in [2.05, 4.69) is 21.2 Å². The van der Waals surface area contributed by atoms with Gasteiger partial charge in [0.15, 0.2) is 0 Å². The molecule has 70 valence electrons. The summed E-state index contributed by atoms with van der Waals surface area (Å²) in [7, 11) is 0. The molecule has 1 aromatic rings. The predicted octanol–water partition coefficient (Wildman–Crippen LogP) is 2.58. The zero-order valence-electron chi connectivity index (χ0n) is 7.26. The molecular weight excluding hydrogens is 230 g/mol. The topological polar surface area (TPSA) is 32.3 Å². The molecule has 1 aliphatic rings. The number of phenols is 1. The van der Waals surface area contributed by atoms with Gasteiger partial charge in [0.05, 0.1) is 0 Å². The van der Waals surface area contributed by atoms with Gasteiger partial charge in [0.25, 0.3) is 0 Å². The SMILES string of the molecule is Oc1ccc(Br)cc1[C@@H]1CCCN1. The highest BCUT2D eigenvalue weighted by molar-refractivity contribution is 9.10. The summed E-state index contributed by atoms with van der Waals surface area (Å²) in [6.07, 6.45) is 2.31. The van der Waals surface area contributed by atoms with Crippen LogP contribution in [0.5, 0.6) is 5.75 Å². The van der Waals surface area contributed by atoms with Crippen LogP contribution in [-0.4, -0.2) is 11.7 Å². The van der Waals surface area contributed by atoms with Crippen molar-refractivity contribution in [3.05, 3.63) is 28.2 Å². The van der Waals surface area contributed by atoms with Gasteiger partial charge in [-0.3, -0.25) is 0 Å². The van der Waals surface area contributed by atoms with Gasteiger partial charge in [-0.25, -0.2) is 0 Å². The third kappa shape index (κ3) is 1.86. The van der Waals surface area contributed by atoms with E-state index in [1.165, 1.54) is 6.42 Å². The van der Waals surface area contributed by atoms with Crippen LogP contribution >= 0.6 is 15.9 Å². The first-order valence-corrected chi connectivity index (χ1v) is 5.28. The second kappa shape index (κ2) is 3.68. The average Bonchev–Trinajstić information content (AvgIpc) is 2.61. The second-order valence-electron chi connectivity index (χ2n) is 3.35. The van der Waals surface area contributed by atoms with Crippen LogP contribution in [0.25, 0.3) is 0 Å². The van der Waals surface area contributed by atoms with Crippen LogP contribution in [0, 0.1) is 0 Å². The summed E-state index contributed by atoms with van der Waals surface area (Å²) >= 11 is 3.40. The van der Waals surface area contributed by atoms with Crippen LogP contribution in [-0.2, 0) is 0 Å². The Morgan fingerprint density at radius 1 is 1.46 bits per heavy atom. The third-order valence-electron chi connectivity index (χ3n) is 2.43. The maximum absolute atomic E-state index is 9.63. The molecular formula is C10H12BrNO. The lowest BCUT2D eigenvalue weighted by Gasteiger charge is -2.12. The molecule has 1 atom stereocenters. The largest absolute Gasteiger partial charge is 0.508 e. The fraction of sp³-hybridized carbons (Fsp3) is 0.400. The molecule has 0 unspecified atom stereocenters. The standard InChI is InChI=1S/C10H12BrNO/c11-7-3-4-10(13)8(6-7)9-2-1-5-12-9/h3-4,6,9,12-13H,1-2,5H2/t9-/m0/s1. The number of hydrogen-bond donors (Lipinski definition) is 2. The fourth-order valence-corrected chi connectivity index (χ4v) is 2.13. The van der Waals surface area contributed by atoms with Crippen molar-refractivity contribution in [1.29, 1.82) is 0 Å². The van der Waals surface area contributed by atoms with Gasteiger partial charge in [-0.1, -0.05) is 15.9 Å². The molecule has 0 aromatic heterocycles. The van der Waals surface area contributed by atoms with Crippen molar-refractivity contribution in [2.75, 3.05) is 6.54 Å². The van der Waals surface area contributed by atoms with Crippen molar-refractivity contribution in [1.82, 2.24) is 5.32 Å². The molecule has 1 heterocycles. The fourth-order valence-electron chi connectivity index (χ4n) is 1.75. The first kappa shape index (κ1) is 9.03.